The summed E-state index contributed by atoms with van der Waals surface area (Å²) in [6, 6.07) is 6.32. The number of carbonyl (C=O) groups excluding carboxylic acids is 1. The minimum atomic E-state index is -0.716. The number of ether oxygens (including phenoxy) is 1. The number of hydrogen-bond acceptors (Lipinski definition) is 6. The van der Waals surface area contributed by atoms with Gasteiger partial charge in [-0.15, -0.1) is 0 Å². The maximum atomic E-state index is 12.0. The van der Waals surface area contributed by atoms with E-state index >= 15 is 0 Å². The number of aromatic amines is 1. The van der Waals surface area contributed by atoms with Crippen LogP contribution in [0.1, 0.15) is 20.8 Å². The number of nitrogens with zero attached hydrogens (tertiary/aromatic N) is 6. The minimum absolute atomic E-state index is 0.252. The lowest BCUT2D eigenvalue weighted by molar-refractivity contribution is 0.105. The largest absolute Gasteiger partial charge is 0.450 e. The Labute approximate surface area is 174 Å². The molecule has 0 atom stereocenters. The molecule has 1 amide bonds. The molecule has 1 fully saturated rings. The fourth-order valence-electron chi connectivity index (χ4n) is 3.61. The second kappa shape index (κ2) is 7.71. The zero-order valence-electron chi connectivity index (χ0n) is 17.4. The molecule has 3 aromatic rings. The van der Waals surface area contributed by atoms with Crippen LogP contribution < -0.4 is 4.90 Å². The first-order valence-electron chi connectivity index (χ1n) is 10.0. The molecular weight excluding hydrogens is 382 g/mol. The van der Waals surface area contributed by atoms with Crippen LogP contribution in [-0.4, -0.2) is 63.5 Å². The second-order valence-corrected chi connectivity index (χ2v) is 7.79. The van der Waals surface area contributed by atoms with E-state index < -0.39 is 5.54 Å². The highest BCUT2D eigenvalue weighted by molar-refractivity contribution is 5.93. The normalized spacial score (nSPS) is 14.7. The Balaban J connectivity index is 1.58. The summed E-state index contributed by atoms with van der Waals surface area (Å²) in [5.74, 6) is 0. The summed E-state index contributed by atoms with van der Waals surface area (Å²) in [6.07, 6.45) is 5.16. The van der Waals surface area contributed by atoms with Crippen molar-refractivity contribution < 1.29 is 9.53 Å². The van der Waals surface area contributed by atoms with E-state index in [-0.39, 0.29) is 6.09 Å². The molecule has 3 aromatic heterocycles. The van der Waals surface area contributed by atoms with E-state index in [9.17, 15) is 10.1 Å². The van der Waals surface area contributed by atoms with Gasteiger partial charge in [0.25, 0.3) is 0 Å². The number of anilines is 1. The van der Waals surface area contributed by atoms with Crippen molar-refractivity contribution in [2.24, 2.45) is 0 Å². The molecule has 9 heteroatoms. The van der Waals surface area contributed by atoms with Gasteiger partial charge in [-0.05, 0) is 32.9 Å². The Morgan fingerprint density at radius 2 is 2.10 bits per heavy atom. The number of H-pyrrole nitrogens is 1. The molecule has 1 saturated heterocycles. The van der Waals surface area contributed by atoms with E-state index in [4.69, 9.17) is 4.74 Å². The highest BCUT2D eigenvalue weighted by Gasteiger charge is 2.24. The summed E-state index contributed by atoms with van der Waals surface area (Å²) in [7, 11) is 0. The third-order valence-corrected chi connectivity index (χ3v) is 5.40. The van der Waals surface area contributed by atoms with Crippen molar-refractivity contribution in [2.75, 3.05) is 37.7 Å². The Morgan fingerprint density at radius 3 is 2.80 bits per heavy atom. The van der Waals surface area contributed by atoms with Gasteiger partial charge in [-0.25, -0.2) is 9.78 Å². The molecule has 30 heavy (non-hydrogen) atoms. The molecule has 1 N–H and O–H groups in total. The fraction of sp³-hybridized carbons (Fsp3) is 0.429. The predicted molar refractivity (Wildman–Crippen MR) is 113 cm³/mol. The van der Waals surface area contributed by atoms with Gasteiger partial charge in [-0.3, -0.25) is 4.68 Å². The maximum Gasteiger partial charge on any atom is 0.409 e. The summed E-state index contributed by atoms with van der Waals surface area (Å²) < 4.78 is 6.77. The Hall–Kier alpha value is -3.54. The van der Waals surface area contributed by atoms with Gasteiger partial charge in [-0.2, -0.15) is 10.4 Å². The topological polar surface area (TPSA) is 103 Å². The number of nitrogens with one attached hydrogen (secondary N) is 1. The summed E-state index contributed by atoms with van der Waals surface area (Å²) in [5, 5.41) is 14.7. The number of rotatable bonds is 4. The Bertz CT molecular complexity index is 1100. The van der Waals surface area contributed by atoms with Crippen molar-refractivity contribution in [3.8, 4) is 17.3 Å². The van der Waals surface area contributed by atoms with Crippen LogP contribution >= 0.6 is 0 Å². The van der Waals surface area contributed by atoms with Gasteiger partial charge in [0, 0.05) is 55.2 Å². The van der Waals surface area contributed by atoms with Gasteiger partial charge in [0.2, 0.25) is 0 Å². The molecule has 0 bridgehead atoms. The van der Waals surface area contributed by atoms with Crippen LogP contribution in [0.25, 0.3) is 22.3 Å². The highest BCUT2D eigenvalue weighted by Crippen LogP contribution is 2.31. The number of carbonyl (C=O) groups is 1. The second-order valence-electron chi connectivity index (χ2n) is 7.79. The molecule has 9 nitrogen and oxygen atoms in total. The summed E-state index contributed by atoms with van der Waals surface area (Å²) in [4.78, 5) is 23.8. The minimum Gasteiger partial charge on any atom is -0.450 e. The van der Waals surface area contributed by atoms with Crippen molar-refractivity contribution in [2.45, 2.75) is 26.3 Å². The van der Waals surface area contributed by atoms with Gasteiger partial charge in [0.1, 0.15) is 11.2 Å². The summed E-state index contributed by atoms with van der Waals surface area (Å²) in [6.45, 7) is 8.55. The van der Waals surface area contributed by atoms with Gasteiger partial charge in [0.15, 0.2) is 0 Å². The molecule has 156 valence electrons. The first-order valence-corrected chi connectivity index (χ1v) is 10.0. The van der Waals surface area contributed by atoms with Crippen LogP contribution in [0.4, 0.5) is 10.5 Å². The average molecular weight is 407 g/mol. The first kappa shape index (κ1) is 19.8. The lowest BCUT2D eigenvalue weighted by Gasteiger charge is -2.35. The third-order valence-electron chi connectivity index (χ3n) is 5.40. The van der Waals surface area contributed by atoms with E-state index in [2.05, 4.69) is 32.1 Å². The molecule has 0 aliphatic carbocycles. The predicted octanol–water partition coefficient (Wildman–Crippen LogP) is 2.96. The fourth-order valence-corrected chi connectivity index (χ4v) is 3.61. The van der Waals surface area contributed by atoms with Crippen LogP contribution in [0.5, 0.6) is 0 Å². The zero-order chi connectivity index (χ0) is 21.3. The molecule has 0 aromatic carbocycles. The lowest BCUT2D eigenvalue weighted by Crippen LogP contribution is -2.49. The van der Waals surface area contributed by atoms with E-state index in [0.29, 0.717) is 19.7 Å². The number of nitriles is 1. The maximum absolute atomic E-state index is 12.0. The number of amides is 1. The molecular formula is C21H25N7O2. The van der Waals surface area contributed by atoms with Gasteiger partial charge in [-0.1, -0.05) is 0 Å². The van der Waals surface area contributed by atoms with E-state index in [1.54, 1.807) is 22.0 Å². The molecule has 0 radical (unpaired) electrons. The molecule has 0 unspecified atom stereocenters. The summed E-state index contributed by atoms with van der Waals surface area (Å²) in [5.41, 5.74) is 2.95. The number of aromatic nitrogens is 4. The van der Waals surface area contributed by atoms with Gasteiger partial charge < -0.3 is 19.5 Å². The van der Waals surface area contributed by atoms with Gasteiger partial charge in [0.05, 0.1) is 24.6 Å². The molecule has 0 saturated carbocycles. The Kier molecular flexibility index (Phi) is 5.08. The quantitative estimate of drug-likeness (QED) is 0.713. The Morgan fingerprint density at radius 1 is 1.33 bits per heavy atom. The van der Waals surface area contributed by atoms with Crippen molar-refractivity contribution in [1.29, 1.82) is 5.26 Å². The van der Waals surface area contributed by atoms with Crippen molar-refractivity contribution in [3.63, 3.8) is 0 Å². The van der Waals surface area contributed by atoms with Crippen molar-refractivity contribution >= 4 is 22.8 Å². The number of piperazine rings is 1. The molecule has 1 aliphatic heterocycles. The van der Waals surface area contributed by atoms with Crippen LogP contribution in [0.2, 0.25) is 0 Å². The lowest BCUT2D eigenvalue weighted by atomic mass is 10.1. The van der Waals surface area contributed by atoms with Crippen molar-refractivity contribution in [1.82, 2.24) is 24.6 Å². The monoisotopic (exact) mass is 407 g/mol. The molecule has 4 heterocycles. The third kappa shape index (κ3) is 3.56. The van der Waals surface area contributed by atoms with Crippen LogP contribution in [0.3, 0.4) is 0 Å². The van der Waals surface area contributed by atoms with Gasteiger partial charge >= 0.3 is 6.09 Å². The highest BCUT2D eigenvalue weighted by atomic mass is 16.6. The SMILES string of the molecule is CCOC(=O)N1CCN(c2ccnc3[nH]c(-c4cnn(C(C)(C)C#N)c4)cc23)CC1. The number of pyridine rings is 1. The zero-order valence-corrected chi connectivity index (χ0v) is 17.4. The number of hydrogen-bond donors (Lipinski definition) is 1. The van der Waals surface area contributed by atoms with E-state index in [1.165, 1.54) is 0 Å². The standard InChI is InChI=1S/C21H25N7O2/c1-4-30-20(29)27-9-7-26(8-10-27)18-5-6-23-19-16(18)11-17(25-19)15-12-24-28(13-15)21(2,3)14-22/h5-6,11-13H,4,7-10H2,1-3H3,(H,23,25). The molecule has 4 rings (SSSR count). The molecule has 1 aliphatic rings. The molecule has 0 spiro atoms. The van der Waals surface area contributed by atoms with E-state index in [1.807, 2.05) is 33.0 Å². The van der Waals surface area contributed by atoms with Crippen LogP contribution in [0.15, 0.2) is 30.7 Å². The van der Waals surface area contributed by atoms with Crippen LogP contribution in [-0.2, 0) is 10.3 Å². The first-order chi connectivity index (χ1) is 14.4. The number of fused-ring (bicyclic) bond motifs is 1. The van der Waals surface area contributed by atoms with Crippen molar-refractivity contribution in [3.05, 3.63) is 30.7 Å². The smallest absolute Gasteiger partial charge is 0.409 e. The average Bonchev–Trinajstić information content (AvgIpc) is 3.41. The van der Waals surface area contributed by atoms with E-state index in [0.717, 1.165) is 41.1 Å². The van der Waals surface area contributed by atoms with Crippen LogP contribution in [0, 0.1) is 11.3 Å². The summed E-state index contributed by atoms with van der Waals surface area (Å²) >= 11 is 0.